The van der Waals surface area contributed by atoms with Crippen LogP contribution in [0.25, 0.3) is 10.9 Å². The van der Waals surface area contributed by atoms with Crippen LogP contribution in [0.2, 0.25) is 0 Å². The number of aromatic nitrogens is 1. The first kappa shape index (κ1) is 15.1. The summed E-state index contributed by atoms with van der Waals surface area (Å²) in [7, 11) is 0. The number of rotatable bonds is 2. The first-order chi connectivity index (χ1) is 10.8. The lowest BCUT2D eigenvalue weighted by atomic mass is 9.99. The van der Waals surface area contributed by atoms with Gasteiger partial charge in [0.1, 0.15) is 5.69 Å². The lowest BCUT2D eigenvalue weighted by Gasteiger charge is -2.12. The minimum atomic E-state index is -4.61. The van der Waals surface area contributed by atoms with Crippen LogP contribution in [-0.2, 0) is 6.18 Å². The summed E-state index contributed by atoms with van der Waals surface area (Å²) in [5.74, 6) is 5.21. The molecule has 118 valence electrons. The van der Waals surface area contributed by atoms with Gasteiger partial charge in [-0.25, -0.2) is 0 Å². The fourth-order valence-corrected chi connectivity index (χ4v) is 2.77. The summed E-state index contributed by atoms with van der Waals surface area (Å²) in [6.07, 6.45) is -4.61. The van der Waals surface area contributed by atoms with Gasteiger partial charge >= 0.3 is 6.18 Å². The highest BCUT2D eigenvalue weighted by atomic mass is 19.4. The maximum Gasteiger partial charge on any atom is 0.417 e. The molecule has 3 aromatic rings. The van der Waals surface area contributed by atoms with E-state index in [2.05, 4.69) is 0 Å². The predicted molar refractivity (Wildman–Crippen MR) is 81.7 cm³/mol. The van der Waals surface area contributed by atoms with Crippen molar-refractivity contribution in [3.8, 4) is 0 Å². The summed E-state index contributed by atoms with van der Waals surface area (Å²) in [4.78, 5) is 12.7. The standard InChI is InChI=1S/C17H13F3N2O/c1-10-11-6-3-5-9-14(11)22(21)15(10)16(23)12-7-2-4-8-13(12)17(18,19)20/h2-9H,21H2,1H3. The van der Waals surface area contributed by atoms with Crippen LogP contribution in [0.15, 0.2) is 48.5 Å². The van der Waals surface area contributed by atoms with Crippen LogP contribution in [0.5, 0.6) is 0 Å². The number of ketones is 1. The zero-order chi connectivity index (χ0) is 16.8. The molecule has 3 rings (SSSR count). The number of nitrogens with two attached hydrogens (primary N) is 1. The van der Waals surface area contributed by atoms with Crippen molar-refractivity contribution in [3.63, 3.8) is 0 Å². The summed E-state index contributed by atoms with van der Waals surface area (Å²) in [5.41, 5.74) is -0.155. The number of aryl methyl sites for hydroxylation is 1. The van der Waals surface area contributed by atoms with Gasteiger partial charge in [-0.2, -0.15) is 13.2 Å². The third-order valence-electron chi connectivity index (χ3n) is 3.86. The molecule has 0 bridgehead atoms. The van der Waals surface area contributed by atoms with Crippen molar-refractivity contribution in [1.29, 1.82) is 0 Å². The van der Waals surface area contributed by atoms with Gasteiger partial charge in [0.25, 0.3) is 0 Å². The fourth-order valence-electron chi connectivity index (χ4n) is 2.77. The molecular formula is C17H13F3N2O. The van der Waals surface area contributed by atoms with Gasteiger partial charge in [0.15, 0.2) is 0 Å². The summed E-state index contributed by atoms with van der Waals surface area (Å²) in [6, 6.07) is 11.8. The van der Waals surface area contributed by atoms with Gasteiger partial charge in [-0.1, -0.05) is 36.4 Å². The zero-order valence-corrected chi connectivity index (χ0v) is 12.2. The minimum absolute atomic E-state index is 0.0582. The van der Waals surface area contributed by atoms with Crippen molar-refractivity contribution >= 4 is 16.7 Å². The van der Waals surface area contributed by atoms with Crippen molar-refractivity contribution in [3.05, 3.63) is 70.9 Å². The molecule has 6 heteroatoms. The number of nitrogen functional groups attached to an aromatic ring is 1. The molecular weight excluding hydrogens is 305 g/mol. The van der Waals surface area contributed by atoms with E-state index in [4.69, 9.17) is 5.84 Å². The van der Waals surface area contributed by atoms with E-state index < -0.39 is 23.1 Å². The SMILES string of the molecule is Cc1c(C(=O)c2ccccc2C(F)(F)F)n(N)c2ccccc12. The Bertz CT molecular complexity index is 871. The number of para-hydroxylation sites is 1. The molecule has 0 amide bonds. The highest BCUT2D eigenvalue weighted by Gasteiger charge is 2.36. The Morgan fingerprint density at radius 3 is 2.30 bits per heavy atom. The van der Waals surface area contributed by atoms with Crippen LogP contribution in [-0.4, -0.2) is 10.5 Å². The van der Waals surface area contributed by atoms with E-state index in [0.717, 1.165) is 16.1 Å². The van der Waals surface area contributed by atoms with Crippen LogP contribution in [0.4, 0.5) is 13.2 Å². The number of carbonyl (C=O) groups excluding carboxylic acids is 1. The minimum Gasteiger partial charge on any atom is -0.338 e. The summed E-state index contributed by atoms with van der Waals surface area (Å²) in [5, 5.41) is 0.739. The first-order valence-corrected chi connectivity index (χ1v) is 6.88. The molecule has 2 aromatic carbocycles. The Morgan fingerprint density at radius 2 is 1.65 bits per heavy atom. The largest absolute Gasteiger partial charge is 0.417 e. The van der Waals surface area contributed by atoms with E-state index in [1.165, 1.54) is 18.2 Å². The Hall–Kier alpha value is -2.76. The predicted octanol–water partition coefficient (Wildman–Crippen LogP) is 3.91. The Morgan fingerprint density at radius 1 is 1.04 bits per heavy atom. The molecule has 0 radical (unpaired) electrons. The second-order valence-electron chi connectivity index (χ2n) is 5.23. The summed E-state index contributed by atoms with van der Waals surface area (Å²) < 4.78 is 40.6. The van der Waals surface area contributed by atoms with Gasteiger partial charge in [-0.15, -0.1) is 0 Å². The molecule has 23 heavy (non-hydrogen) atoms. The topological polar surface area (TPSA) is 48.0 Å². The molecule has 2 N–H and O–H groups in total. The van der Waals surface area contributed by atoms with Crippen LogP contribution >= 0.6 is 0 Å². The van der Waals surface area contributed by atoms with Crippen LogP contribution in [0, 0.1) is 6.92 Å². The third kappa shape index (κ3) is 2.36. The smallest absolute Gasteiger partial charge is 0.338 e. The second kappa shape index (κ2) is 5.15. The third-order valence-corrected chi connectivity index (χ3v) is 3.86. The number of benzene rings is 2. The lowest BCUT2D eigenvalue weighted by Crippen LogP contribution is -2.20. The van der Waals surface area contributed by atoms with Crippen molar-refractivity contribution in [2.75, 3.05) is 5.84 Å². The highest BCUT2D eigenvalue weighted by Crippen LogP contribution is 2.34. The van der Waals surface area contributed by atoms with E-state index in [0.29, 0.717) is 11.1 Å². The van der Waals surface area contributed by atoms with Gasteiger partial charge in [0, 0.05) is 10.9 Å². The Balaban J connectivity index is 2.24. The van der Waals surface area contributed by atoms with Gasteiger partial charge in [-0.05, 0) is 24.6 Å². The second-order valence-corrected chi connectivity index (χ2v) is 5.23. The van der Waals surface area contributed by atoms with E-state index in [1.807, 2.05) is 0 Å². The number of hydrogen-bond acceptors (Lipinski definition) is 2. The molecule has 0 fully saturated rings. The molecule has 3 nitrogen and oxygen atoms in total. The Labute approximate surface area is 130 Å². The number of hydrogen-bond donors (Lipinski definition) is 1. The first-order valence-electron chi connectivity index (χ1n) is 6.88. The van der Waals surface area contributed by atoms with E-state index in [1.54, 1.807) is 31.2 Å². The Kier molecular flexibility index (Phi) is 3.39. The molecule has 1 aromatic heterocycles. The fraction of sp³-hybridized carbons (Fsp3) is 0.118. The molecule has 0 unspecified atom stereocenters. The maximum absolute atomic E-state index is 13.1. The molecule has 1 heterocycles. The van der Waals surface area contributed by atoms with Crippen molar-refractivity contribution in [1.82, 2.24) is 4.68 Å². The van der Waals surface area contributed by atoms with Gasteiger partial charge in [0.2, 0.25) is 5.78 Å². The number of fused-ring (bicyclic) bond motifs is 1. The van der Waals surface area contributed by atoms with Crippen molar-refractivity contribution in [2.45, 2.75) is 13.1 Å². The monoisotopic (exact) mass is 318 g/mol. The van der Waals surface area contributed by atoms with Crippen molar-refractivity contribution in [2.24, 2.45) is 0 Å². The normalized spacial score (nSPS) is 11.8. The van der Waals surface area contributed by atoms with E-state index in [-0.39, 0.29) is 5.69 Å². The van der Waals surface area contributed by atoms with Crippen LogP contribution < -0.4 is 5.84 Å². The van der Waals surface area contributed by atoms with Gasteiger partial charge in [0.05, 0.1) is 11.1 Å². The van der Waals surface area contributed by atoms with E-state index >= 15 is 0 Å². The molecule has 0 spiro atoms. The zero-order valence-electron chi connectivity index (χ0n) is 12.2. The van der Waals surface area contributed by atoms with Crippen LogP contribution in [0.1, 0.15) is 27.2 Å². The molecule has 0 aliphatic heterocycles. The number of alkyl halides is 3. The average Bonchev–Trinajstić information content (AvgIpc) is 2.78. The summed E-state index contributed by atoms with van der Waals surface area (Å²) in [6.45, 7) is 1.68. The maximum atomic E-state index is 13.1. The number of carbonyl (C=O) groups is 1. The van der Waals surface area contributed by atoms with E-state index in [9.17, 15) is 18.0 Å². The quantitative estimate of drug-likeness (QED) is 0.575. The lowest BCUT2D eigenvalue weighted by molar-refractivity contribution is -0.137. The van der Waals surface area contributed by atoms with Gasteiger partial charge in [-0.3, -0.25) is 9.47 Å². The highest BCUT2D eigenvalue weighted by molar-refractivity contribution is 6.13. The molecule has 0 saturated carbocycles. The van der Waals surface area contributed by atoms with Gasteiger partial charge < -0.3 is 5.84 Å². The molecule has 0 saturated heterocycles. The summed E-state index contributed by atoms with van der Waals surface area (Å²) >= 11 is 0. The molecule has 0 atom stereocenters. The number of halogens is 3. The van der Waals surface area contributed by atoms with Crippen molar-refractivity contribution < 1.29 is 18.0 Å². The average molecular weight is 318 g/mol. The molecule has 0 aliphatic carbocycles. The van der Waals surface area contributed by atoms with Crippen LogP contribution in [0.3, 0.4) is 0 Å². The molecule has 0 aliphatic rings. The number of nitrogens with zero attached hydrogens (tertiary/aromatic N) is 1.